The van der Waals surface area contributed by atoms with E-state index in [0.717, 1.165) is 13.0 Å². The molecule has 0 radical (unpaired) electrons. The first-order valence-electron chi connectivity index (χ1n) is 8.19. The van der Waals surface area contributed by atoms with Crippen LogP contribution in [0.15, 0.2) is 0 Å². The van der Waals surface area contributed by atoms with Gasteiger partial charge in [0.2, 0.25) is 0 Å². The van der Waals surface area contributed by atoms with Gasteiger partial charge in [-0.1, -0.05) is 27.7 Å². The highest BCUT2D eigenvalue weighted by Crippen LogP contribution is 2.25. The van der Waals surface area contributed by atoms with Crippen LogP contribution in [-0.4, -0.2) is 47.2 Å². The van der Waals surface area contributed by atoms with E-state index < -0.39 is 11.5 Å². The molecular formula is C16H32N2O2. The zero-order valence-corrected chi connectivity index (χ0v) is 13.6. The molecule has 0 saturated carbocycles. The Balaban J connectivity index is 2.50. The summed E-state index contributed by atoms with van der Waals surface area (Å²) in [7, 11) is 0. The van der Waals surface area contributed by atoms with Gasteiger partial charge in [0.1, 0.15) is 5.54 Å². The third kappa shape index (κ3) is 4.19. The number of likely N-dealkylation sites (N-methyl/N-ethyl adjacent to an activating group) is 1. The third-order valence-corrected chi connectivity index (χ3v) is 4.76. The predicted molar refractivity (Wildman–Crippen MR) is 83.0 cm³/mol. The van der Waals surface area contributed by atoms with Crippen LogP contribution >= 0.6 is 0 Å². The van der Waals surface area contributed by atoms with Crippen molar-refractivity contribution in [2.45, 2.75) is 71.4 Å². The minimum absolute atomic E-state index is 0.643. The van der Waals surface area contributed by atoms with Crippen molar-refractivity contribution in [3.8, 4) is 0 Å². The zero-order chi connectivity index (χ0) is 15.2. The fourth-order valence-corrected chi connectivity index (χ4v) is 3.53. The molecule has 20 heavy (non-hydrogen) atoms. The maximum atomic E-state index is 11.6. The second-order valence-corrected chi connectivity index (χ2v) is 6.36. The zero-order valence-electron chi connectivity index (χ0n) is 13.6. The Morgan fingerprint density at radius 1 is 1.45 bits per heavy atom. The Morgan fingerprint density at radius 3 is 2.65 bits per heavy atom. The van der Waals surface area contributed by atoms with Crippen molar-refractivity contribution in [1.29, 1.82) is 0 Å². The summed E-state index contributed by atoms with van der Waals surface area (Å²) in [5.41, 5.74) is -0.734. The molecule has 4 nitrogen and oxygen atoms in total. The standard InChI is InChI=1S/C16H32N2O2/c1-5-16(15(19)20,17-6-2)10-8-12-18-11-7-9-14(18)13(3)4/h13-14,17H,5-12H2,1-4H3,(H,19,20). The summed E-state index contributed by atoms with van der Waals surface area (Å²) in [4.78, 5) is 14.1. The lowest BCUT2D eigenvalue weighted by Gasteiger charge is -2.32. The number of aliphatic carboxylic acids is 1. The summed E-state index contributed by atoms with van der Waals surface area (Å²) >= 11 is 0. The second kappa shape index (κ2) is 7.99. The summed E-state index contributed by atoms with van der Waals surface area (Å²) < 4.78 is 0. The van der Waals surface area contributed by atoms with Gasteiger partial charge in [0, 0.05) is 6.04 Å². The smallest absolute Gasteiger partial charge is 0.323 e. The van der Waals surface area contributed by atoms with E-state index in [-0.39, 0.29) is 0 Å². The van der Waals surface area contributed by atoms with E-state index in [1.807, 2.05) is 13.8 Å². The molecule has 0 aromatic heterocycles. The van der Waals surface area contributed by atoms with Crippen molar-refractivity contribution < 1.29 is 9.90 Å². The van der Waals surface area contributed by atoms with Crippen molar-refractivity contribution in [3.05, 3.63) is 0 Å². The number of carboxylic acid groups (broad SMARTS) is 1. The molecule has 118 valence electrons. The summed E-state index contributed by atoms with van der Waals surface area (Å²) in [5.74, 6) is -0.00893. The summed E-state index contributed by atoms with van der Waals surface area (Å²) in [6.07, 6.45) is 4.89. The Bertz CT molecular complexity index is 307. The second-order valence-electron chi connectivity index (χ2n) is 6.36. The first-order valence-corrected chi connectivity index (χ1v) is 8.19. The molecule has 2 N–H and O–H groups in total. The van der Waals surface area contributed by atoms with Crippen LogP contribution in [-0.2, 0) is 4.79 Å². The van der Waals surface area contributed by atoms with E-state index >= 15 is 0 Å². The highest BCUT2D eigenvalue weighted by atomic mass is 16.4. The van der Waals surface area contributed by atoms with E-state index in [0.29, 0.717) is 31.3 Å². The van der Waals surface area contributed by atoms with Crippen LogP contribution in [0.25, 0.3) is 0 Å². The molecule has 2 atom stereocenters. The fourth-order valence-electron chi connectivity index (χ4n) is 3.53. The molecule has 1 aliphatic heterocycles. The normalized spacial score (nSPS) is 23.1. The molecule has 0 aliphatic carbocycles. The number of likely N-dealkylation sites (tertiary alicyclic amines) is 1. The highest BCUT2D eigenvalue weighted by Gasteiger charge is 2.35. The lowest BCUT2D eigenvalue weighted by molar-refractivity contribution is -0.145. The van der Waals surface area contributed by atoms with E-state index in [4.69, 9.17) is 0 Å². The number of nitrogens with one attached hydrogen (secondary N) is 1. The third-order valence-electron chi connectivity index (χ3n) is 4.76. The average molecular weight is 284 g/mol. The number of hydrogen-bond donors (Lipinski definition) is 2. The van der Waals surface area contributed by atoms with Gasteiger partial charge >= 0.3 is 5.97 Å². The minimum Gasteiger partial charge on any atom is -0.480 e. The molecule has 0 spiro atoms. The topological polar surface area (TPSA) is 52.6 Å². The molecule has 0 aromatic rings. The molecular weight excluding hydrogens is 252 g/mol. The molecule has 2 unspecified atom stereocenters. The Morgan fingerprint density at radius 2 is 2.15 bits per heavy atom. The van der Waals surface area contributed by atoms with Crippen LogP contribution in [0.5, 0.6) is 0 Å². The van der Waals surface area contributed by atoms with E-state index in [1.54, 1.807) is 0 Å². The lowest BCUT2D eigenvalue weighted by atomic mass is 9.90. The van der Waals surface area contributed by atoms with Crippen molar-refractivity contribution >= 4 is 5.97 Å². The van der Waals surface area contributed by atoms with E-state index in [2.05, 4.69) is 24.1 Å². The van der Waals surface area contributed by atoms with Crippen LogP contribution in [0, 0.1) is 5.92 Å². The monoisotopic (exact) mass is 284 g/mol. The largest absolute Gasteiger partial charge is 0.480 e. The molecule has 1 aliphatic rings. The maximum absolute atomic E-state index is 11.6. The van der Waals surface area contributed by atoms with Gasteiger partial charge < -0.3 is 15.3 Å². The first-order chi connectivity index (χ1) is 9.46. The molecule has 1 fully saturated rings. The first kappa shape index (κ1) is 17.4. The molecule has 1 heterocycles. The maximum Gasteiger partial charge on any atom is 0.323 e. The number of hydrogen-bond acceptors (Lipinski definition) is 3. The van der Waals surface area contributed by atoms with Gasteiger partial charge in [-0.05, 0) is 57.7 Å². The lowest BCUT2D eigenvalue weighted by Crippen LogP contribution is -2.52. The van der Waals surface area contributed by atoms with Crippen LogP contribution in [0.3, 0.4) is 0 Å². The van der Waals surface area contributed by atoms with Crippen molar-refractivity contribution in [3.63, 3.8) is 0 Å². The number of nitrogens with zero attached hydrogens (tertiary/aromatic N) is 1. The van der Waals surface area contributed by atoms with Crippen LogP contribution < -0.4 is 5.32 Å². The van der Waals surface area contributed by atoms with Gasteiger partial charge in [0.15, 0.2) is 0 Å². The number of rotatable bonds is 9. The van der Waals surface area contributed by atoms with Gasteiger partial charge in [-0.2, -0.15) is 0 Å². The van der Waals surface area contributed by atoms with Gasteiger partial charge in [-0.25, -0.2) is 0 Å². The quantitative estimate of drug-likeness (QED) is 0.683. The number of carboxylic acids is 1. The van der Waals surface area contributed by atoms with Crippen molar-refractivity contribution in [1.82, 2.24) is 10.2 Å². The van der Waals surface area contributed by atoms with Gasteiger partial charge in [0.25, 0.3) is 0 Å². The summed E-state index contributed by atoms with van der Waals surface area (Å²) in [5, 5.41) is 12.7. The predicted octanol–water partition coefficient (Wildman–Crippen LogP) is 2.73. The fraction of sp³-hybridized carbons (Fsp3) is 0.938. The Kier molecular flexibility index (Phi) is 6.96. The molecule has 4 heteroatoms. The van der Waals surface area contributed by atoms with Gasteiger partial charge in [0.05, 0.1) is 0 Å². The van der Waals surface area contributed by atoms with Gasteiger partial charge in [-0.3, -0.25) is 4.79 Å². The number of carbonyl (C=O) groups is 1. The summed E-state index contributed by atoms with van der Waals surface area (Å²) in [6, 6.07) is 0.690. The Labute approximate surface area is 123 Å². The van der Waals surface area contributed by atoms with E-state index in [9.17, 15) is 9.90 Å². The highest BCUT2D eigenvalue weighted by molar-refractivity contribution is 5.78. The van der Waals surface area contributed by atoms with Crippen LogP contribution in [0.2, 0.25) is 0 Å². The SMILES string of the molecule is CCNC(CC)(CCCN1CCCC1C(C)C)C(=O)O. The molecule has 0 bridgehead atoms. The summed E-state index contributed by atoms with van der Waals surface area (Å²) in [6.45, 7) is 11.4. The van der Waals surface area contributed by atoms with E-state index in [1.165, 1.54) is 19.4 Å². The Hall–Kier alpha value is -0.610. The molecule has 0 aromatic carbocycles. The minimum atomic E-state index is -0.734. The van der Waals surface area contributed by atoms with Crippen LogP contribution in [0.4, 0.5) is 0 Å². The van der Waals surface area contributed by atoms with Gasteiger partial charge in [-0.15, -0.1) is 0 Å². The van der Waals surface area contributed by atoms with Crippen LogP contribution in [0.1, 0.15) is 59.8 Å². The average Bonchev–Trinajstić information content (AvgIpc) is 2.86. The van der Waals surface area contributed by atoms with Crippen molar-refractivity contribution in [2.75, 3.05) is 19.6 Å². The molecule has 1 saturated heterocycles. The van der Waals surface area contributed by atoms with Crippen molar-refractivity contribution in [2.24, 2.45) is 5.92 Å². The molecule has 1 rings (SSSR count). The molecule has 0 amide bonds.